The molecule has 0 saturated heterocycles. The molecule has 0 aliphatic heterocycles. The number of carbonyl (C=O) groups is 1. The molecule has 0 aliphatic carbocycles. The van der Waals surface area contributed by atoms with Crippen LogP contribution in [0.15, 0.2) is 72.8 Å². The minimum absolute atomic E-state index is 0.378. The van der Waals surface area contributed by atoms with Crippen molar-refractivity contribution in [3.63, 3.8) is 0 Å². The highest BCUT2D eigenvalue weighted by Crippen LogP contribution is 2.22. The van der Waals surface area contributed by atoms with Crippen LogP contribution in [-0.2, 0) is 6.42 Å². The first-order chi connectivity index (χ1) is 14.2. The van der Waals surface area contributed by atoms with E-state index in [9.17, 15) is 4.79 Å². The number of hydrogen-bond acceptors (Lipinski definition) is 2. The van der Waals surface area contributed by atoms with E-state index in [4.69, 9.17) is 16.3 Å². The zero-order valence-electron chi connectivity index (χ0n) is 16.9. The average Bonchev–Trinajstić information content (AvgIpc) is 2.76. The number of unbranched alkanes of at least 4 members (excludes halogenated alkanes) is 4. The monoisotopic (exact) mass is 406 g/mol. The Hall–Kier alpha value is -2.58. The Labute approximate surface area is 178 Å². The molecule has 0 radical (unpaired) electrons. The average molecular weight is 407 g/mol. The summed E-state index contributed by atoms with van der Waals surface area (Å²) in [7, 11) is 0. The van der Waals surface area contributed by atoms with Gasteiger partial charge in [-0.1, -0.05) is 80.6 Å². The molecular weight excluding hydrogens is 380 g/mol. The molecule has 0 spiro atoms. The van der Waals surface area contributed by atoms with Crippen LogP contribution in [0, 0.1) is 0 Å². The Morgan fingerprint density at radius 1 is 0.759 bits per heavy atom. The normalized spacial score (nSPS) is 10.7. The van der Waals surface area contributed by atoms with Gasteiger partial charge in [0.1, 0.15) is 5.75 Å². The lowest BCUT2D eigenvalue weighted by Gasteiger charge is -2.07. The van der Waals surface area contributed by atoms with E-state index < -0.39 is 0 Å². The Morgan fingerprint density at radius 3 is 1.97 bits per heavy atom. The van der Waals surface area contributed by atoms with Crippen LogP contribution in [0.4, 0.5) is 0 Å². The fraction of sp³-hybridized carbons (Fsp3) is 0.269. The van der Waals surface area contributed by atoms with Crippen LogP contribution >= 0.6 is 11.6 Å². The molecular formula is C26H27ClO2. The molecule has 0 fully saturated rings. The number of ether oxygens (including phenoxy) is 1. The van der Waals surface area contributed by atoms with Crippen molar-refractivity contribution in [2.45, 2.75) is 45.4 Å². The number of aryl methyl sites for hydroxylation is 1. The fourth-order valence-electron chi connectivity index (χ4n) is 3.26. The SMILES string of the molecule is CCCCCCCc1ccc(-c2ccc(C(=O)Oc3ccc(Cl)cc3)cc2)cc1. The van der Waals surface area contributed by atoms with E-state index in [1.54, 1.807) is 36.4 Å². The topological polar surface area (TPSA) is 26.3 Å². The predicted octanol–water partition coefficient (Wildman–Crippen LogP) is 7.74. The quantitative estimate of drug-likeness (QED) is 0.206. The zero-order valence-corrected chi connectivity index (χ0v) is 17.6. The Bertz CT molecular complexity index is 897. The summed E-state index contributed by atoms with van der Waals surface area (Å²) in [5.41, 5.74) is 4.14. The van der Waals surface area contributed by atoms with Gasteiger partial charge in [0.25, 0.3) is 0 Å². The third kappa shape index (κ3) is 6.47. The third-order valence-electron chi connectivity index (χ3n) is 5.00. The van der Waals surface area contributed by atoms with Crippen molar-refractivity contribution in [2.75, 3.05) is 0 Å². The lowest BCUT2D eigenvalue weighted by molar-refractivity contribution is 0.0735. The molecule has 3 aromatic carbocycles. The number of benzene rings is 3. The van der Waals surface area contributed by atoms with Crippen molar-refractivity contribution in [3.05, 3.63) is 88.9 Å². The summed E-state index contributed by atoms with van der Waals surface area (Å²) in [4.78, 5) is 12.3. The minimum atomic E-state index is -0.378. The van der Waals surface area contributed by atoms with Gasteiger partial charge in [-0.3, -0.25) is 0 Å². The van der Waals surface area contributed by atoms with E-state index in [1.165, 1.54) is 37.7 Å². The predicted molar refractivity (Wildman–Crippen MR) is 121 cm³/mol. The molecule has 3 aromatic rings. The van der Waals surface area contributed by atoms with E-state index in [2.05, 4.69) is 31.2 Å². The molecule has 0 N–H and O–H groups in total. The third-order valence-corrected chi connectivity index (χ3v) is 5.25. The molecule has 0 bridgehead atoms. The molecule has 0 amide bonds. The van der Waals surface area contributed by atoms with Crippen LogP contribution < -0.4 is 4.74 Å². The first-order valence-corrected chi connectivity index (χ1v) is 10.7. The largest absolute Gasteiger partial charge is 0.423 e. The maximum atomic E-state index is 12.3. The van der Waals surface area contributed by atoms with E-state index in [0.29, 0.717) is 16.3 Å². The zero-order chi connectivity index (χ0) is 20.5. The van der Waals surface area contributed by atoms with Crippen molar-refractivity contribution in [2.24, 2.45) is 0 Å². The molecule has 2 nitrogen and oxygen atoms in total. The van der Waals surface area contributed by atoms with Gasteiger partial charge in [-0.2, -0.15) is 0 Å². The number of halogens is 1. The van der Waals surface area contributed by atoms with Gasteiger partial charge in [0.2, 0.25) is 0 Å². The number of hydrogen-bond donors (Lipinski definition) is 0. The second-order valence-electron chi connectivity index (χ2n) is 7.28. The number of carbonyl (C=O) groups excluding carboxylic acids is 1. The van der Waals surface area contributed by atoms with Crippen LogP contribution in [0.2, 0.25) is 5.02 Å². The van der Waals surface area contributed by atoms with Gasteiger partial charge in [-0.25, -0.2) is 4.79 Å². The summed E-state index contributed by atoms with van der Waals surface area (Å²) in [6.45, 7) is 2.24. The highest BCUT2D eigenvalue weighted by atomic mass is 35.5. The second-order valence-corrected chi connectivity index (χ2v) is 7.72. The van der Waals surface area contributed by atoms with Crippen molar-refractivity contribution in [3.8, 4) is 16.9 Å². The number of rotatable bonds is 9. The van der Waals surface area contributed by atoms with Gasteiger partial charge in [0.15, 0.2) is 0 Å². The van der Waals surface area contributed by atoms with Crippen molar-refractivity contribution in [1.82, 2.24) is 0 Å². The van der Waals surface area contributed by atoms with Crippen LogP contribution in [0.3, 0.4) is 0 Å². The molecule has 0 aliphatic rings. The molecule has 150 valence electrons. The van der Waals surface area contributed by atoms with Crippen LogP contribution in [-0.4, -0.2) is 5.97 Å². The summed E-state index contributed by atoms with van der Waals surface area (Å²) >= 11 is 5.85. The van der Waals surface area contributed by atoms with Crippen molar-refractivity contribution < 1.29 is 9.53 Å². The van der Waals surface area contributed by atoms with Crippen molar-refractivity contribution >= 4 is 17.6 Å². The lowest BCUT2D eigenvalue weighted by Crippen LogP contribution is -2.08. The van der Waals surface area contributed by atoms with E-state index in [1.807, 2.05) is 12.1 Å². The van der Waals surface area contributed by atoms with E-state index >= 15 is 0 Å². The molecule has 0 heterocycles. The first kappa shape index (κ1) is 21.1. The Kier molecular flexibility index (Phi) is 7.89. The smallest absolute Gasteiger partial charge is 0.343 e. The summed E-state index contributed by atoms with van der Waals surface area (Å²) in [5, 5.41) is 0.608. The maximum Gasteiger partial charge on any atom is 0.343 e. The van der Waals surface area contributed by atoms with Crippen LogP contribution in [0.1, 0.15) is 54.9 Å². The second kappa shape index (κ2) is 10.8. The Morgan fingerprint density at radius 2 is 1.34 bits per heavy atom. The van der Waals surface area contributed by atoms with Gasteiger partial charge in [-0.15, -0.1) is 0 Å². The summed E-state index contributed by atoms with van der Waals surface area (Å²) in [6, 6.07) is 23.0. The van der Waals surface area contributed by atoms with Crippen LogP contribution in [0.5, 0.6) is 5.75 Å². The van der Waals surface area contributed by atoms with Crippen LogP contribution in [0.25, 0.3) is 11.1 Å². The standard InChI is InChI=1S/C26H27ClO2/c1-2-3-4-5-6-7-20-8-10-21(11-9-20)22-12-14-23(15-13-22)26(28)29-25-18-16-24(27)17-19-25/h8-19H,2-7H2,1H3. The maximum absolute atomic E-state index is 12.3. The van der Waals surface area contributed by atoms with Gasteiger partial charge in [0, 0.05) is 5.02 Å². The van der Waals surface area contributed by atoms with Gasteiger partial charge >= 0.3 is 5.97 Å². The molecule has 29 heavy (non-hydrogen) atoms. The molecule has 0 saturated carbocycles. The molecule has 3 heteroatoms. The molecule has 0 atom stereocenters. The first-order valence-electron chi connectivity index (χ1n) is 10.3. The summed E-state index contributed by atoms with van der Waals surface area (Å²) in [5.74, 6) is 0.103. The molecule has 3 rings (SSSR count). The summed E-state index contributed by atoms with van der Waals surface area (Å²) in [6.07, 6.45) is 7.66. The van der Waals surface area contributed by atoms with Gasteiger partial charge in [0.05, 0.1) is 5.56 Å². The number of esters is 1. The Balaban J connectivity index is 1.56. The molecule has 0 aromatic heterocycles. The lowest BCUT2D eigenvalue weighted by atomic mass is 10.00. The fourth-order valence-corrected chi connectivity index (χ4v) is 3.39. The van der Waals surface area contributed by atoms with Gasteiger partial charge < -0.3 is 4.74 Å². The highest BCUT2D eigenvalue weighted by molar-refractivity contribution is 6.30. The highest BCUT2D eigenvalue weighted by Gasteiger charge is 2.09. The molecule has 0 unspecified atom stereocenters. The van der Waals surface area contributed by atoms with E-state index in [-0.39, 0.29) is 5.97 Å². The van der Waals surface area contributed by atoms with Crippen molar-refractivity contribution in [1.29, 1.82) is 0 Å². The minimum Gasteiger partial charge on any atom is -0.423 e. The van der Waals surface area contributed by atoms with E-state index in [0.717, 1.165) is 17.5 Å². The van der Waals surface area contributed by atoms with Gasteiger partial charge in [-0.05, 0) is 65.9 Å². The summed E-state index contributed by atoms with van der Waals surface area (Å²) < 4.78 is 5.38.